The standard InChI is InChI=1S/C14H16ClN3O/c1-4-16-13-8-14(18-10(3)17-13)19-11-5-6-12(15)9(2)7-11/h5-8H,4H2,1-3H3,(H,16,17,18). The molecule has 0 aliphatic carbocycles. The molecule has 0 spiro atoms. The second-order valence-electron chi connectivity index (χ2n) is 4.18. The lowest BCUT2D eigenvalue weighted by Crippen LogP contribution is -2.02. The van der Waals surface area contributed by atoms with Crippen LogP contribution in [0, 0.1) is 13.8 Å². The fourth-order valence-corrected chi connectivity index (χ4v) is 1.78. The number of nitrogens with one attached hydrogen (secondary N) is 1. The molecule has 0 aliphatic rings. The SMILES string of the molecule is CCNc1cc(Oc2ccc(Cl)c(C)c2)nc(C)n1. The number of benzene rings is 1. The summed E-state index contributed by atoms with van der Waals surface area (Å²) in [5.74, 6) is 2.66. The molecule has 2 aromatic rings. The normalized spacial score (nSPS) is 10.3. The third-order valence-corrected chi connectivity index (χ3v) is 2.95. The molecule has 0 saturated carbocycles. The van der Waals surface area contributed by atoms with Gasteiger partial charge in [-0.15, -0.1) is 0 Å². The number of aryl methyl sites for hydroxylation is 2. The van der Waals surface area contributed by atoms with Gasteiger partial charge in [-0.2, -0.15) is 4.98 Å². The molecule has 4 nitrogen and oxygen atoms in total. The van der Waals surface area contributed by atoms with Crippen LogP contribution in [0.15, 0.2) is 24.3 Å². The molecule has 1 aromatic carbocycles. The molecule has 1 N–H and O–H groups in total. The zero-order valence-corrected chi connectivity index (χ0v) is 12.0. The Balaban J connectivity index is 2.24. The first-order valence-electron chi connectivity index (χ1n) is 6.12. The van der Waals surface area contributed by atoms with Gasteiger partial charge in [-0.3, -0.25) is 0 Å². The fourth-order valence-electron chi connectivity index (χ4n) is 1.67. The maximum atomic E-state index is 5.98. The molecule has 1 heterocycles. The Bertz CT molecular complexity index is 587. The first kappa shape index (κ1) is 13.6. The molecular formula is C14H16ClN3O. The van der Waals surface area contributed by atoms with Crippen molar-refractivity contribution >= 4 is 17.4 Å². The van der Waals surface area contributed by atoms with Crippen LogP contribution in [0.5, 0.6) is 11.6 Å². The molecule has 5 heteroatoms. The molecular weight excluding hydrogens is 262 g/mol. The third kappa shape index (κ3) is 3.58. The van der Waals surface area contributed by atoms with Crippen LogP contribution in [0.25, 0.3) is 0 Å². The highest BCUT2D eigenvalue weighted by Gasteiger charge is 2.05. The van der Waals surface area contributed by atoms with Gasteiger partial charge < -0.3 is 10.1 Å². The Hall–Kier alpha value is -1.81. The molecule has 0 amide bonds. The molecule has 19 heavy (non-hydrogen) atoms. The summed E-state index contributed by atoms with van der Waals surface area (Å²) in [6.07, 6.45) is 0. The molecule has 0 fully saturated rings. The maximum Gasteiger partial charge on any atom is 0.224 e. The fraction of sp³-hybridized carbons (Fsp3) is 0.286. The average Bonchev–Trinajstić information content (AvgIpc) is 2.33. The zero-order valence-electron chi connectivity index (χ0n) is 11.2. The quantitative estimate of drug-likeness (QED) is 0.918. The molecule has 2 rings (SSSR count). The van der Waals surface area contributed by atoms with E-state index in [-0.39, 0.29) is 0 Å². The largest absolute Gasteiger partial charge is 0.439 e. The van der Waals surface area contributed by atoms with E-state index in [2.05, 4.69) is 15.3 Å². The van der Waals surface area contributed by atoms with Crippen LogP contribution < -0.4 is 10.1 Å². The summed E-state index contributed by atoms with van der Waals surface area (Å²) >= 11 is 5.98. The molecule has 0 saturated heterocycles. The van der Waals surface area contributed by atoms with Gasteiger partial charge in [0.05, 0.1) is 0 Å². The Kier molecular flexibility index (Phi) is 4.22. The van der Waals surface area contributed by atoms with Crippen molar-refractivity contribution in [3.63, 3.8) is 0 Å². The highest BCUT2D eigenvalue weighted by Crippen LogP contribution is 2.25. The van der Waals surface area contributed by atoms with Gasteiger partial charge in [0.25, 0.3) is 0 Å². The van der Waals surface area contributed by atoms with Crippen molar-refractivity contribution in [2.45, 2.75) is 20.8 Å². The van der Waals surface area contributed by atoms with Crippen molar-refractivity contribution in [2.24, 2.45) is 0 Å². The minimum Gasteiger partial charge on any atom is -0.439 e. The first-order valence-corrected chi connectivity index (χ1v) is 6.50. The number of hydrogen-bond acceptors (Lipinski definition) is 4. The molecule has 1 aromatic heterocycles. The summed E-state index contributed by atoms with van der Waals surface area (Å²) in [5.41, 5.74) is 0.969. The lowest BCUT2D eigenvalue weighted by atomic mass is 10.2. The van der Waals surface area contributed by atoms with E-state index in [1.807, 2.05) is 39.0 Å². The Morgan fingerprint density at radius 1 is 1.21 bits per heavy atom. The third-order valence-electron chi connectivity index (χ3n) is 2.52. The van der Waals surface area contributed by atoms with Crippen molar-refractivity contribution < 1.29 is 4.74 Å². The van der Waals surface area contributed by atoms with E-state index in [1.165, 1.54) is 0 Å². The molecule has 100 valence electrons. The molecule has 0 unspecified atom stereocenters. The van der Waals surface area contributed by atoms with Gasteiger partial charge in [0.1, 0.15) is 17.4 Å². The van der Waals surface area contributed by atoms with Gasteiger partial charge in [0.2, 0.25) is 5.88 Å². The van der Waals surface area contributed by atoms with Crippen LogP contribution in [0.3, 0.4) is 0 Å². The number of hydrogen-bond donors (Lipinski definition) is 1. The van der Waals surface area contributed by atoms with Crippen LogP contribution in [0.4, 0.5) is 5.82 Å². The van der Waals surface area contributed by atoms with Gasteiger partial charge in [0.15, 0.2) is 0 Å². The minimum atomic E-state index is 0.519. The smallest absolute Gasteiger partial charge is 0.224 e. The number of ether oxygens (including phenoxy) is 1. The summed E-state index contributed by atoms with van der Waals surface area (Å²) < 4.78 is 5.73. The summed E-state index contributed by atoms with van der Waals surface area (Å²) in [4.78, 5) is 8.53. The van der Waals surface area contributed by atoms with Crippen LogP contribution in [0.2, 0.25) is 5.02 Å². The predicted octanol–water partition coefficient (Wildman–Crippen LogP) is 3.97. The number of anilines is 1. The number of aromatic nitrogens is 2. The van der Waals surface area contributed by atoms with Crippen molar-refractivity contribution in [1.29, 1.82) is 0 Å². The van der Waals surface area contributed by atoms with Gasteiger partial charge in [0, 0.05) is 17.6 Å². The Labute approximate surface area is 117 Å². The van der Waals surface area contributed by atoms with E-state index < -0.39 is 0 Å². The van der Waals surface area contributed by atoms with Crippen LogP contribution in [0.1, 0.15) is 18.3 Å². The van der Waals surface area contributed by atoms with E-state index in [1.54, 1.807) is 6.07 Å². The summed E-state index contributed by atoms with van der Waals surface area (Å²) in [6, 6.07) is 7.29. The van der Waals surface area contributed by atoms with Crippen molar-refractivity contribution in [3.05, 3.63) is 40.7 Å². The number of halogens is 1. The molecule has 0 atom stereocenters. The van der Waals surface area contributed by atoms with E-state index >= 15 is 0 Å². The minimum absolute atomic E-state index is 0.519. The summed E-state index contributed by atoms with van der Waals surface area (Å²) in [7, 11) is 0. The first-order chi connectivity index (χ1) is 9.08. The van der Waals surface area contributed by atoms with E-state index in [0.29, 0.717) is 17.5 Å². The monoisotopic (exact) mass is 277 g/mol. The van der Waals surface area contributed by atoms with E-state index in [9.17, 15) is 0 Å². The number of rotatable bonds is 4. The van der Waals surface area contributed by atoms with Gasteiger partial charge in [-0.25, -0.2) is 4.98 Å². The average molecular weight is 278 g/mol. The summed E-state index contributed by atoms with van der Waals surface area (Å²) in [6.45, 7) is 6.59. The zero-order chi connectivity index (χ0) is 13.8. The van der Waals surface area contributed by atoms with Crippen molar-refractivity contribution in [3.8, 4) is 11.6 Å². The topological polar surface area (TPSA) is 47.0 Å². The van der Waals surface area contributed by atoms with Gasteiger partial charge in [-0.05, 0) is 44.5 Å². The van der Waals surface area contributed by atoms with Crippen molar-refractivity contribution in [2.75, 3.05) is 11.9 Å². The Morgan fingerprint density at radius 2 is 2.00 bits per heavy atom. The summed E-state index contributed by atoms with van der Waals surface area (Å²) in [5, 5.41) is 3.86. The van der Waals surface area contributed by atoms with Crippen molar-refractivity contribution in [1.82, 2.24) is 9.97 Å². The lowest BCUT2D eigenvalue weighted by Gasteiger charge is -2.09. The van der Waals surface area contributed by atoms with Crippen LogP contribution >= 0.6 is 11.6 Å². The highest BCUT2D eigenvalue weighted by atomic mass is 35.5. The van der Waals surface area contributed by atoms with Gasteiger partial charge >= 0.3 is 0 Å². The van der Waals surface area contributed by atoms with Gasteiger partial charge in [-0.1, -0.05) is 11.6 Å². The molecule has 0 bridgehead atoms. The van der Waals surface area contributed by atoms with E-state index in [4.69, 9.17) is 16.3 Å². The van der Waals surface area contributed by atoms with Crippen LogP contribution in [-0.4, -0.2) is 16.5 Å². The molecule has 0 radical (unpaired) electrons. The predicted molar refractivity (Wildman–Crippen MR) is 77.2 cm³/mol. The number of nitrogens with zero attached hydrogens (tertiary/aromatic N) is 2. The van der Waals surface area contributed by atoms with Crippen LogP contribution in [-0.2, 0) is 0 Å². The Morgan fingerprint density at radius 3 is 2.68 bits per heavy atom. The van der Waals surface area contributed by atoms with E-state index in [0.717, 1.165) is 22.9 Å². The lowest BCUT2D eigenvalue weighted by molar-refractivity contribution is 0.460. The second-order valence-corrected chi connectivity index (χ2v) is 4.59. The highest BCUT2D eigenvalue weighted by molar-refractivity contribution is 6.31. The maximum absolute atomic E-state index is 5.98. The molecule has 0 aliphatic heterocycles. The second kappa shape index (κ2) is 5.89.